The van der Waals surface area contributed by atoms with Crippen molar-refractivity contribution in [2.75, 3.05) is 17.7 Å². The summed E-state index contributed by atoms with van der Waals surface area (Å²) in [5.74, 6) is 1.45. The average Bonchev–Trinajstić information content (AvgIpc) is 3.41. The molecule has 4 aromatic rings. The maximum Gasteiger partial charge on any atom is 0.243 e. The lowest BCUT2D eigenvalue weighted by atomic mass is 9.90. The molecule has 8 nitrogen and oxygen atoms in total. The van der Waals surface area contributed by atoms with Gasteiger partial charge in [0.2, 0.25) is 5.95 Å². The zero-order valence-electron chi connectivity index (χ0n) is 19.2. The van der Waals surface area contributed by atoms with Crippen LogP contribution in [0.15, 0.2) is 42.7 Å². The number of anilines is 2. The highest BCUT2D eigenvalue weighted by molar-refractivity contribution is 5.89. The second-order valence-corrected chi connectivity index (χ2v) is 9.69. The van der Waals surface area contributed by atoms with Crippen LogP contribution < -0.4 is 16.0 Å². The maximum absolute atomic E-state index is 4.82. The minimum absolute atomic E-state index is 0.405. The number of fused-ring (bicyclic) bond motifs is 2. The van der Waals surface area contributed by atoms with Gasteiger partial charge < -0.3 is 16.0 Å². The van der Waals surface area contributed by atoms with E-state index in [1.165, 1.54) is 25.7 Å². The first-order valence-electron chi connectivity index (χ1n) is 11.9. The van der Waals surface area contributed by atoms with Gasteiger partial charge in [0, 0.05) is 42.6 Å². The molecule has 2 aliphatic carbocycles. The lowest BCUT2D eigenvalue weighted by molar-refractivity contribution is 0.321. The van der Waals surface area contributed by atoms with Gasteiger partial charge in [-0.25, -0.2) is 9.50 Å². The van der Waals surface area contributed by atoms with E-state index in [1.807, 2.05) is 42.0 Å². The monoisotopic (exact) mass is 442 g/mol. The van der Waals surface area contributed by atoms with Crippen LogP contribution in [0.2, 0.25) is 0 Å². The van der Waals surface area contributed by atoms with Crippen molar-refractivity contribution < 1.29 is 0 Å². The molecule has 170 valence electrons. The van der Waals surface area contributed by atoms with Crippen molar-refractivity contribution in [3.8, 4) is 11.3 Å². The summed E-state index contributed by atoms with van der Waals surface area (Å²) in [6, 6.07) is 11.0. The van der Waals surface area contributed by atoms with Gasteiger partial charge in [-0.15, -0.1) is 5.10 Å². The van der Waals surface area contributed by atoms with Gasteiger partial charge >= 0.3 is 0 Å². The molecular weight excluding hydrogens is 412 g/mol. The minimum atomic E-state index is 0.405. The van der Waals surface area contributed by atoms with Gasteiger partial charge in [0.05, 0.1) is 16.7 Å². The summed E-state index contributed by atoms with van der Waals surface area (Å²) in [6.07, 6.45) is 11.1. The van der Waals surface area contributed by atoms with E-state index in [1.54, 1.807) is 6.20 Å². The molecule has 4 heterocycles. The summed E-state index contributed by atoms with van der Waals surface area (Å²) in [4.78, 5) is 14.0. The maximum atomic E-state index is 4.82. The number of hydrogen-bond acceptors (Lipinski definition) is 7. The predicted octanol–water partition coefficient (Wildman–Crippen LogP) is 4.25. The second kappa shape index (κ2) is 7.95. The molecule has 0 atom stereocenters. The zero-order chi connectivity index (χ0) is 22.4. The second-order valence-electron chi connectivity index (χ2n) is 9.69. The quantitative estimate of drug-likeness (QED) is 0.411. The van der Waals surface area contributed by atoms with Crippen molar-refractivity contribution in [2.45, 2.75) is 63.1 Å². The number of nitrogens with zero attached hydrogens (tertiary/aromatic N) is 5. The lowest BCUT2D eigenvalue weighted by Gasteiger charge is -2.31. The third-order valence-corrected chi connectivity index (χ3v) is 7.09. The number of hydrogen-bond donors (Lipinski definition) is 3. The Morgan fingerprint density at radius 3 is 2.58 bits per heavy atom. The van der Waals surface area contributed by atoms with Crippen molar-refractivity contribution in [1.82, 2.24) is 29.9 Å². The highest BCUT2D eigenvalue weighted by atomic mass is 15.3. The summed E-state index contributed by atoms with van der Waals surface area (Å²) in [5.41, 5.74) is 4.97. The largest absolute Gasteiger partial charge is 0.371 e. The van der Waals surface area contributed by atoms with Gasteiger partial charge in [-0.3, -0.25) is 4.98 Å². The molecule has 0 unspecified atom stereocenters. The SMILES string of the molecule is CNc1nc(NC2CCC(NC3(C)CC3)CC2)nn2ccc(-c3ccc4ncccc4n3)c12. The number of aromatic nitrogens is 5. The van der Waals surface area contributed by atoms with Crippen molar-refractivity contribution in [3.63, 3.8) is 0 Å². The molecule has 33 heavy (non-hydrogen) atoms. The molecule has 0 saturated heterocycles. The molecule has 0 aliphatic heterocycles. The Morgan fingerprint density at radius 2 is 1.79 bits per heavy atom. The molecule has 0 aromatic carbocycles. The van der Waals surface area contributed by atoms with Gasteiger partial charge in [0.15, 0.2) is 5.82 Å². The molecule has 0 bridgehead atoms. The van der Waals surface area contributed by atoms with Gasteiger partial charge in [-0.05, 0) is 75.8 Å². The smallest absolute Gasteiger partial charge is 0.243 e. The van der Waals surface area contributed by atoms with E-state index in [-0.39, 0.29) is 0 Å². The van der Waals surface area contributed by atoms with Crippen LogP contribution in [0.5, 0.6) is 0 Å². The Balaban J connectivity index is 1.23. The van der Waals surface area contributed by atoms with Gasteiger partial charge in [-0.2, -0.15) is 4.98 Å². The predicted molar refractivity (Wildman–Crippen MR) is 132 cm³/mol. The molecular formula is C25H30N8. The zero-order valence-corrected chi connectivity index (χ0v) is 19.2. The van der Waals surface area contributed by atoms with Gasteiger partial charge in [-0.1, -0.05) is 0 Å². The minimum Gasteiger partial charge on any atom is -0.371 e. The van der Waals surface area contributed by atoms with Crippen LogP contribution in [0.3, 0.4) is 0 Å². The number of nitrogens with one attached hydrogen (secondary N) is 3. The van der Waals surface area contributed by atoms with E-state index < -0.39 is 0 Å². The first-order chi connectivity index (χ1) is 16.1. The highest BCUT2D eigenvalue weighted by Crippen LogP contribution is 2.37. The number of rotatable bonds is 6. The topological polar surface area (TPSA) is 92.1 Å². The third kappa shape index (κ3) is 3.99. The van der Waals surface area contributed by atoms with Crippen molar-refractivity contribution in [1.29, 1.82) is 0 Å². The fraction of sp³-hybridized carbons (Fsp3) is 0.440. The van der Waals surface area contributed by atoms with Crippen LogP contribution >= 0.6 is 0 Å². The molecule has 0 spiro atoms. The van der Waals surface area contributed by atoms with Crippen molar-refractivity contribution >= 4 is 28.3 Å². The Bertz CT molecular complexity index is 1300. The third-order valence-electron chi connectivity index (χ3n) is 7.09. The standard InChI is InChI=1S/C25H30N8/c1-25(12-13-25)31-17-7-5-16(6-8-17)28-24-30-23(26-2)22-18(11-15-33(22)32-24)19-9-10-20-21(29-19)4-3-14-27-20/h3-4,9-11,14-17,31H,5-8,12-13H2,1-2H3,(H2,26,28,30,32). The summed E-state index contributed by atoms with van der Waals surface area (Å²) in [6.45, 7) is 2.34. The van der Waals surface area contributed by atoms with E-state index >= 15 is 0 Å². The first kappa shape index (κ1) is 20.4. The van der Waals surface area contributed by atoms with Crippen LogP contribution in [0.1, 0.15) is 45.4 Å². The van der Waals surface area contributed by atoms with E-state index in [9.17, 15) is 0 Å². The molecule has 6 rings (SSSR count). The van der Waals surface area contributed by atoms with E-state index in [0.717, 1.165) is 46.5 Å². The molecule has 4 aromatic heterocycles. The molecule has 2 aliphatic rings. The van der Waals surface area contributed by atoms with E-state index in [2.05, 4.69) is 33.9 Å². The summed E-state index contributed by atoms with van der Waals surface area (Å²) < 4.78 is 1.90. The fourth-order valence-electron chi connectivity index (χ4n) is 4.96. The Labute approximate surface area is 193 Å². The molecule has 8 heteroatoms. The molecule has 0 amide bonds. The molecule has 2 saturated carbocycles. The molecule has 3 N–H and O–H groups in total. The van der Waals surface area contributed by atoms with Gasteiger partial charge in [0.25, 0.3) is 0 Å². The fourth-order valence-corrected chi connectivity index (χ4v) is 4.96. The van der Waals surface area contributed by atoms with E-state index in [0.29, 0.717) is 23.6 Å². The van der Waals surface area contributed by atoms with Crippen molar-refractivity contribution in [3.05, 3.63) is 42.7 Å². The Hall–Kier alpha value is -3.26. The first-order valence-corrected chi connectivity index (χ1v) is 11.9. The Morgan fingerprint density at radius 1 is 0.970 bits per heavy atom. The molecule has 0 radical (unpaired) electrons. The van der Waals surface area contributed by atoms with Crippen molar-refractivity contribution in [2.24, 2.45) is 0 Å². The van der Waals surface area contributed by atoms with Crippen LogP contribution in [0.25, 0.3) is 27.8 Å². The normalized spacial score (nSPS) is 21.9. The Kier molecular flexibility index (Phi) is 4.90. The van der Waals surface area contributed by atoms with Gasteiger partial charge in [0.1, 0.15) is 5.52 Å². The van der Waals surface area contributed by atoms with E-state index in [4.69, 9.17) is 15.1 Å². The van der Waals surface area contributed by atoms with Crippen LogP contribution in [-0.2, 0) is 0 Å². The van der Waals surface area contributed by atoms with Crippen LogP contribution in [0.4, 0.5) is 11.8 Å². The van der Waals surface area contributed by atoms with Crippen LogP contribution in [-0.4, -0.2) is 49.2 Å². The average molecular weight is 443 g/mol. The lowest BCUT2D eigenvalue weighted by Crippen LogP contribution is -2.42. The van der Waals surface area contributed by atoms with Crippen LogP contribution in [0, 0.1) is 0 Å². The highest BCUT2D eigenvalue weighted by Gasteiger charge is 2.39. The summed E-state index contributed by atoms with van der Waals surface area (Å²) in [7, 11) is 1.90. The molecule has 2 fully saturated rings. The summed E-state index contributed by atoms with van der Waals surface area (Å²) in [5, 5.41) is 15.5. The number of pyridine rings is 2. The summed E-state index contributed by atoms with van der Waals surface area (Å²) >= 11 is 0.